The molecule has 0 unspecified atom stereocenters. The molecule has 0 aliphatic carbocycles. The van der Waals surface area contributed by atoms with Crippen molar-refractivity contribution < 1.29 is 19.0 Å². The van der Waals surface area contributed by atoms with Gasteiger partial charge in [0, 0.05) is 7.11 Å². The highest BCUT2D eigenvalue weighted by Crippen LogP contribution is 2.19. The summed E-state index contributed by atoms with van der Waals surface area (Å²) in [5.74, 6) is 1.06. The number of aromatic amines is 1. The van der Waals surface area contributed by atoms with Crippen LogP contribution in [-0.4, -0.2) is 43.4 Å². The lowest BCUT2D eigenvalue weighted by molar-refractivity contribution is 0.0603. The Balaban J connectivity index is 1.75. The zero-order valence-corrected chi connectivity index (χ0v) is 14.7. The smallest absolute Gasteiger partial charge is 0.340 e. The largest absolute Gasteiger partial charge is 0.491 e. The fourth-order valence-corrected chi connectivity index (χ4v) is 2.50. The van der Waals surface area contributed by atoms with Crippen LogP contribution in [0.2, 0.25) is 0 Å². The SMILES string of the molecule is COCCOc1ccc(C=Cc2nc3c(C(=O)OC)cccc3[nH]2)cc1. The average Bonchev–Trinajstić information content (AvgIpc) is 3.10. The van der Waals surface area contributed by atoms with Crippen molar-refractivity contribution in [2.24, 2.45) is 0 Å². The van der Waals surface area contributed by atoms with Crippen molar-refractivity contribution >= 4 is 29.2 Å². The molecular weight excluding hydrogens is 332 g/mol. The molecule has 2 aromatic carbocycles. The highest BCUT2D eigenvalue weighted by Gasteiger charge is 2.12. The normalized spacial score (nSPS) is 11.2. The van der Waals surface area contributed by atoms with E-state index in [2.05, 4.69) is 9.97 Å². The van der Waals surface area contributed by atoms with E-state index in [1.165, 1.54) is 7.11 Å². The van der Waals surface area contributed by atoms with E-state index in [0.29, 0.717) is 30.1 Å². The summed E-state index contributed by atoms with van der Waals surface area (Å²) < 4.78 is 15.3. The molecule has 0 bridgehead atoms. The fraction of sp³-hybridized carbons (Fsp3) is 0.200. The minimum atomic E-state index is -0.401. The topological polar surface area (TPSA) is 73.4 Å². The van der Waals surface area contributed by atoms with Crippen LogP contribution in [0.5, 0.6) is 5.75 Å². The second kappa shape index (κ2) is 8.31. The Hall–Kier alpha value is -3.12. The van der Waals surface area contributed by atoms with Crippen molar-refractivity contribution in [3.63, 3.8) is 0 Å². The number of carbonyl (C=O) groups is 1. The van der Waals surface area contributed by atoms with Crippen LogP contribution in [0.4, 0.5) is 0 Å². The standard InChI is InChI=1S/C20H20N2O4/c1-24-12-13-26-15-9-6-14(7-10-15)8-11-18-21-17-5-3-4-16(19(17)22-18)20(23)25-2/h3-11H,12-13H2,1-2H3,(H,21,22). The molecule has 1 heterocycles. The van der Waals surface area contributed by atoms with Gasteiger partial charge in [-0.1, -0.05) is 24.3 Å². The lowest BCUT2D eigenvalue weighted by atomic mass is 10.2. The maximum Gasteiger partial charge on any atom is 0.340 e. The maximum atomic E-state index is 11.8. The lowest BCUT2D eigenvalue weighted by Crippen LogP contribution is -2.03. The number of aromatic nitrogens is 2. The van der Waals surface area contributed by atoms with Crippen LogP contribution in [0.1, 0.15) is 21.7 Å². The van der Waals surface area contributed by atoms with Gasteiger partial charge in [0.15, 0.2) is 0 Å². The molecule has 0 aliphatic heterocycles. The molecule has 0 amide bonds. The van der Waals surface area contributed by atoms with Gasteiger partial charge in [-0.05, 0) is 35.9 Å². The molecule has 0 fully saturated rings. The fourth-order valence-electron chi connectivity index (χ4n) is 2.50. The number of imidazole rings is 1. The van der Waals surface area contributed by atoms with Crippen LogP contribution < -0.4 is 4.74 Å². The summed E-state index contributed by atoms with van der Waals surface area (Å²) in [4.78, 5) is 19.5. The summed E-state index contributed by atoms with van der Waals surface area (Å²) in [5.41, 5.74) is 2.84. The number of benzene rings is 2. The molecule has 134 valence electrons. The van der Waals surface area contributed by atoms with Crippen molar-refractivity contribution in [1.82, 2.24) is 9.97 Å². The first-order valence-corrected chi connectivity index (χ1v) is 8.18. The van der Waals surface area contributed by atoms with Gasteiger partial charge in [0.05, 0.1) is 24.8 Å². The first-order chi connectivity index (χ1) is 12.7. The van der Waals surface area contributed by atoms with E-state index >= 15 is 0 Å². The van der Waals surface area contributed by atoms with E-state index in [4.69, 9.17) is 14.2 Å². The Morgan fingerprint density at radius 3 is 2.62 bits per heavy atom. The number of carbonyl (C=O) groups excluding carboxylic acids is 1. The minimum absolute atomic E-state index is 0.401. The molecule has 0 aliphatic rings. The number of nitrogens with one attached hydrogen (secondary N) is 1. The molecular formula is C20H20N2O4. The van der Waals surface area contributed by atoms with Crippen molar-refractivity contribution in [1.29, 1.82) is 0 Å². The van der Waals surface area contributed by atoms with Gasteiger partial charge >= 0.3 is 5.97 Å². The van der Waals surface area contributed by atoms with Crippen molar-refractivity contribution in [2.75, 3.05) is 27.4 Å². The molecule has 3 rings (SSSR count). The summed E-state index contributed by atoms with van der Waals surface area (Å²) >= 11 is 0. The highest BCUT2D eigenvalue weighted by molar-refractivity contribution is 6.02. The molecule has 0 saturated heterocycles. The van der Waals surface area contributed by atoms with Crippen LogP contribution in [-0.2, 0) is 9.47 Å². The first kappa shape index (κ1) is 17.7. The molecule has 3 aromatic rings. The van der Waals surface area contributed by atoms with Gasteiger partial charge in [-0.2, -0.15) is 0 Å². The number of fused-ring (bicyclic) bond motifs is 1. The van der Waals surface area contributed by atoms with E-state index in [9.17, 15) is 4.79 Å². The summed E-state index contributed by atoms with van der Waals surface area (Å²) in [6.45, 7) is 1.08. The van der Waals surface area contributed by atoms with Crippen LogP contribution >= 0.6 is 0 Å². The van der Waals surface area contributed by atoms with Gasteiger partial charge in [-0.15, -0.1) is 0 Å². The summed E-state index contributed by atoms with van der Waals surface area (Å²) in [5, 5.41) is 0. The van der Waals surface area contributed by atoms with Crippen molar-refractivity contribution in [3.05, 3.63) is 59.4 Å². The minimum Gasteiger partial charge on any atom is -0.491 e. The van der Waals surface area contributed by atoms with Crippen LogP contribution in [0.3, 0.4) is 0 Å². The molecule has 0 atom stereocenters. The number of H-pyrrole nitrogens is 1. The Kier molecular flexibility index (Phi) is 5.66. The quantitative estimate of drug-likeness (QED) is 0.520. The Morgan fingerprint density at radius 2 is 1.88 bits per heavy atom. The van der Waals surface area contributed by atoms with E-state index < -0.39 is 5.97 Å². The van der Waals surface area contributed by atoms with Crippen molar-refractivity contribution in [3.8, 4) is 5.75 Å². The first-order valence-electron chi connectivity index (χ1n) is 8.18. The molecule has 1 aromatic heterocycles. The zero-order valence-electron chi connectivity index (χ0n) is 14.7. The van der Waals surface area contributed by atoms with Crippen molar-refractivity contribution in [2.45, 2.75) is 0 Å². The van der Waals surface area contributed by atoms with Gasteiger partial charge < -0.3 is 19.2 Å². The molecule has 6 nitrogen and oxygen atoms in total. The van der Waals surface area contributed by atoms with Gasteiger partial charge in [0.1, 0.15) is 23.7 Å². The molecule has 0 radical (unpaired) electrons. The average molecular weight is 352 g/mol. The van der Waals surface area contributed by atoms with E-state index in [1.54, 1.807) is 19.2 Å². The number of rotatable bonds is 7. The highest BCUT2D eigenvalue weighted by atomic mass is 16.5. The Labute approximate surface area is 151 Å². The number of hydrogen-bond donors (Lipinski definition) is 1. The molecule has 0 spiro atoms. The second-order valence-corrected chi connectivity index (χ2v) is 5.56. The number of hydrogen-bond acceptors (Lipinski definition) is 5. The maximum absolute atomic E-state index is 11.8. The number of methoxy groups -OCH3 is 2. The predicted molar refractivity (Wildman–Crippen MR) is 100 cm³/mol. The number of nitrogens with zero attached hydrogens (tertiary/aromatic N) is 1. The van der Waals surface area contributed by atoms with Gasteiger partial charge in [0.25, 0.3) is 0 Å². The molecule has 6 heteroatoms. The third-order valence-electron chi connectivity index (χ3n) is 3.81. The van der Waals surface area contributed by atoms with E-state index in [0.717, 1.165) is 16.8 Å². The Morgan fingerprint density at radius 1 is 1.08 bits per heavy atom. The van der Waals surface area contributed by atoms with E-state index in [1.807, 2.05) is 42.5 Å². The lowest BCUT2D eigenvalue weighted by Gasteiger charge is -2.05. The number of para-hydroxylation sites is 1. The molecule has 0 saturated carbocycles. The molecule has 26 heavy (non-hydrogen) atoms. The predicted octanol–water partition coefficient (Wildman–Crippen LogP) is 3.55. The monoisotopic (exact) mass is 352 g/mol. The van der Waals surface area contributed by atoms with Crippen LogP contribution in [0.15, 0.2) is 42.5 Å². The van der Waals surface area contributed by atoms with E-state index in [-0.39, 0.29) is 0 Å². The van der Waals surface area contributed by atoms with Gasteiger partial charge in [-0.25, -0.2) is 9.78 Å². The van der Waals surface area contributed by atoms with Gasteiger partial charge in [-0.3, -0.25) is 0 Å². The van der Waals surface area contributed by atoms with Crippen LogP contribution in [0.25, 0.3) is 23.2 Å². The number of ether oxygens (including phenoxy) is 3. The number of esters is 1. The second-order valence-electron chi connectivity index (χ2n) is 5.56. The summed E-state index contributed by atoms with van der Waals surface area (Å²) in [6, 6.07) is 13.1. The van der Waals surface area contributed by atoms with Crippen LogP contribution in [0, 0.1) is 0 Å². The third kappa shape index (κ3) is 4.10. The molecule has 1 N–H and O–H groups in total. The summed E-state index contributed by atoms with van der Waals surface area (Å²) in [6.07, 6.45) is 3.80. The Bertz CT molecular complexity index is 913. The zero-order chi connectivity index (χ0) is 18.4. The summed E-state index contributed by atoms with van der Waals surface area (Å²) in [7, 11) is 3.00. The van der Waals surface area contributed by atoms with Gasteiger partial charge in [0.2, 0.25) is 0 Å². The third-order valence-corrected chi connectivity index (χ3v) is 3.81.